The summed E-state index contributed by atoms with van der Waals surface area (Å²) in [4.78, 5) is 52.0. The number of epoxide rings is 1. The molecule has 4 aliphatic heterocycles. The number of methoxy groups -OCH3 is 1. The number of ether oxygens (including phenoxy) is 6. The molecule has 10 atom stereocenters. The highest BCUT2D eigenvalue weighted by Gasteiger charge is 2.90. The second-order valence-electron chi connectivity index (χ2n) is 13.1. The van der Waals surface area contributed by atoms with Crippen LogP contribution >= 0.6 is 0 Å². The van der Waals surface area contributed by atoms with E-state index in [0.29, 0.717) is 12.8 Å². The SMILES string of the molecule is CO[C@@]1(C)OC(C)(C)[C@@H]2CC(=O)[C@]3(C)[C@H](CC[C@@]4(C)[C@H](C5=CC(OC(C)=O)OC5=O)OC(=O)[C@H]5O[C@]543)[C@]21C. The summed E-state index contributed by atoms with van der Waals surface area (Å²) in [5, 5.41) is 0. The molecule has 4 heterocycles. The Hall–Kier alpha value is -2.30. The average Bonchev–Trinajstić information content (AvgIpc) is 3.47. The molecule has 208 valence electrons. The van der Waals surface area contributed by atoms with Gasteiger partial charge in [-0.05, 0) is 46.5 Å². The second kappa shape index (κ2) is 7.26. The molecular formula is C28H36O10. The number of hydrogen-bond acceptors (Lipinski definition) is 10. The van der Waals surface area contributed by atoms with Crippen molar-refractivity contribution in [2.24, 2.45) is 28.1 Å². The van der Waals surface area contributed by atoms with Crippen LogP contribution in [0.3, 0.4) is 0 Å². The van der Waals surface area contributed by atoms with E-state index in [1.165, 1.54) is 13.0 Å². The van der Waals surface area contributed by atoms with Crippen molar-refractivity contribution in [3.05, 3.63) is 11.6 Å². The first kappa shape index (κ1) is 26.0. The number of esters is 3. The molecule has 2 saturated carbocycles. The molecule has 38 heavy (non-hydrogen) atoms. The summed E-state index contributed by atoms with van der Waals surface area (Å²) in [5.74, 6) is -3.23. The van der Waals surface area contributed by atoms with Crippen LogP contribution in [0.2, 0.25) is 0 Å². The summed E-state index contributed by atoms with van der Waals surface area (Å²) in [7, 11) is 1.63. The van der Waals surface area contributed by atoms with E-state index < -0.39 is 69.6 Å². The van der Waals surface area contributed by atoms with Gasteiger partial charge < -0.3 is 28.4 Å². The Labute approximate surface area is 221 Å². The summed E-state index contributed by atoms with van der Waals surface area (Å²) in [6.07, 6.45) is -0.397. The van der Waals surface area contributed by atoms with Crippen LogP contribution in [0.15, 0.2) is 11.6 Å². The van der Waals surface area contributed by atoms with Crippen molar-refractivity contribution in [1.29, 1.82) is 0 Å². The van der Waals surface area contributed by atoms with E-state index in [9.17, 15) is 19.2 Å². The van der Waals surface area contributed by atoms with Crippen LogP contribution in [0.1, 0.15) is 67.7 Å². The Balaban J connectivity index is 1.48. The number of fused-ring (bicyclic) bond motifs is 3. The van der Waals surface area contributed by atoms with Crippen molar-refractivity contribution in [3.63, 3.8) is 0 Å². The standard InChI is InChI=1S/C28H36O10/c1-13(29)34-18-11-14(21(31)35-18)19-24(4)10-9-15-25(5)16(23(2,3)38-27(25,7)33-8)12-17(30)26(15,6)28(24)20(37-28)22(32)36-19/h11,15-16,18-20H,9-10,12H2,1-8H3/t15-,16+,18?,19+,20-,24+,25-,26+,27+,28-/m1/s1. The van der Waals surface area contributed by atoms with Gasteiger partial charge in [-0.3, -0.25) is 9.59 Å². The molecule has 0 N–H and O–H groups in total. The largest absolute Gasteiger partial charge is 0.454 e. The maximum absolute atomic E-state index is 14.3. The molecule has 0 bridgehead atoms. The van der Waals surface area contributed by atoms with E-state index in [0.717, 1.165) is 0 Å². The van der Waals surface area contributed by atoms with Crippen LogP contribution in [-0.4, -0.2) is 66.3 Å². The van der Waals surface area contributed by atoms with Gasteiger partial charge in [-0.15, -0.1) is 0 Å². The van der Waals surface area contributed by atoms with Crippen LogP contribution in [0, 0.1) is 28.1 Å². The lowest BCUT2D eigenvalue weighted by Crippen LogP contribution is -2.73. The van der Waals surface area contributed by atoms with E-state index in [4.69, 9.17) is 28.4 Å². The molecule has 10 nitrogen and oxygen atoms in total. The number of carbonyl (C=O) groups excluding carboxylic acids is 4. The molecule has 0 amide bonds. The zero-order valence-electron chi connectivity index (χ0n) is 23.2. The van der Waals surface area contributed by atoms with Crippen molar-refractivity contribution < 1.29 is 47.6 Å². The van der Waals surface area contributed by atoms with Crippen molar-refractivity contribution in [1.82, 2.24) is 0 Å². The predicted molar refractivity (Wildman–Crippen MR) is 128 cm³/mol. The highest BCUT2D eigenvalue weighted by molar-refractivity contribution is 5.96. The lowest BCUT2D eigenvalue weighted by atomic mass is 9.37. The van der Waals surface area contributed by atoms with Gasteiger partial charge in [0.15, 0.2) is 11.9 Å². The smallest absolute Gasteiger partial charge is 0.341 e. The molecule has 6 aliphatic rings. The lowest BCUT2D eigenvalue weighted by Gasteiger charge is -2.65. The summed E-state index contributed by atoms with van der Waals surface area (Å²) in [6, 6.07) is 0. The Morgan fingerprint density at radius 1 is 1.00 bits per heavy atom. The number of carbonyl (C=O) groups is 4. The fourth-order valence-electron chi connectivity index (χ4n) is 9.54. The number of cyclic esters (lactones) is 2. The topological polar surface area (TPSA) is 127 Å². The molecule has 10 heteroatoms. The summed E-state index contributed by atoms with van der Waals surface area (Å²) in [6.45, 7) is 13.1. The Morgan fingerprint density at radius 2 is 1.68 bits per heavy atom. The number of rotatable bonds is 3. The molecule has 5 fully saturated rings. The quantitative estimate of drug-likeness (QED) is 0.395. The number of ketones is 1. The molecule has 0 radical (unpaired) electrons. The van der Waals surface area contributed by atoms with Gasteiger partial charge in [0.2, 0.25) is 0 Å². The molecule has 1 spiro atoms. The van der Waals surface area contributed by atoms with Gasteiger partial charge in [-0.25, -0.2) is 9.59 Å². The van der Waals surface area contributed by atoms with Gasteiger partial charge >= 0.3 is 17.9 Å². The second-order valence-corrected chi connectivity index (χ2v) is 13.1. The van der Waals surface area contributed by atoms with E-state index in [-0.39, 0.29) is 29.6 Å². The highest BCUT2D eigenvalue weighted by Crippen LogP contribution is 2.79. The Kier molecular flexibility index (Phi) is 4.95. The molecule has 6 rings (SSSR count). The van der Waals surface area contributed by atoms with Crippen LogP contribution in [-0.2, 0) is 47.6 Å². The molecule has 3 saturated heterocycles. The van der Waals surface area contributed by atoms with Crippen molar-refractivity contribution in [3.8, 4) is 0 Å². The van der Waals surface area contributed by atoms with Gasteiger partial charge in [-0.2, -0.15) is 0 Å². The predicted octanol–water partition coefficient (Wildman–Crippen LogP) is 2.61. The minimum Gasteiger partial charge on any atom is -0.454 e. The van der Waals surface area contributed by atoms with Crippen molar-refractivity contribution in [2.45, 2.75) is 103 Å². The fraction of sp³-hybridized carbons (Fsp3) is 0.786. The third kappa shape index (κ3) is 2.65. The van der Waals surface area contributed by atoms with Gasteiger partial charge in [0.05, 0.1) is 16.6 Å². The molecule has 2 aliphatic carbocycles. The summed E-state index contributed by atoms with van der Waals surface area (Å²) in [5.41, 5.74) is -4.24. The minimum atomic E-state index is -1.20. The van der Waals surface area contributed by atoms with Crippen LogP contribution in [0.25, 0.3) is 0 Å². The van der Waals surface area contributed by atoms with Gasteiger partial charge in [0.25, 0.3) is 6.29 Å². The Morgan fingerprint density at radius 3 is 2.32 bits per heavy atom. The van der Waals surface area contributed by atoms with Gasteiger partial charge in [-0.1, -0.05) is 13.8 Å². The molecular weight excluding hydrogens is 496 g/mol. The fourth-order valence-corrected chi connectivity index (χ4v) is 9.54. The molecule has 1 unspecified atom stereocenters. The Bertz CT molecular complexity index is 1210. The van der Waals surface area contributed by atoms with E-state index in [2.05, 4.69) is 6.92 Å². The summed E-state index contributed by atoms with van der Waals surface area (Å²) < 4.78 is 35.1. The van der Waals surface area contributed by atoms with Crippen LogP contribution in [0.5, 0.6) is 0 Å². The molecule has 0 aromatic heterocycles. The lowest BCUT2D eigenvalue weighted by molar-refractivity contribution is -0.284. The zero-order valence-corrected chi connectivity index (χ0v) is 23.2. The monoisotopic (exact) mass is 532 g/mol. The summed E-state index contributed by atoms with van der Waals surface area (Å²) >= 11 is 0. The maximum Gasteiger partial charge on any atom is 0.341 e. The van der Waals surface area contributed by atoms with Gasteiger partial charge in [0.1, 0.15) is 17.5 Å². The van der Waals surface area contributed by atoms with Crippen molar-refractivity contribution in [2.75, 3.05) is 7.11 Å². The highest BCUT2D eigenvalue weighted by atomic mass is 16.7. The normalized spacial score (nSPS) is 52.1. The van der Waals surface area contributed by atoms with E-state index in [1.54, 1.807) is 7.11 Å². The molecule has 0 aromatic carbocycles. The first-order chi connectivity index (χ1) is 17.5. The van der Waals surface area contributed by atoms with Crippen molar-refractivity contribution >= 4 is 23.7 Å². The van der Waals surface area contributed by atoms with Gasteiger partial charge in [0, 0.05) is 43.3 Å². The zero-order chi connectivity index (χ0) is 27.8. The third-order valence-electron chi connectivity index (χ3n) is 11.3. The van der Waals surface area contributed by atoms with Crippen LogP contribution in [0.4, 0.5) is 0 Å². The first-order valence-electron chi connectivity index (χ1n) is 13.3. The maximum atomic E-state index is 14.3. The number of Topliss-reactive ketones (excluding diaryl/α,β-unsaturated/α-hetero) is 1. The molecule has 0 aromatic rings. The first-order valence-corrected chi connectivity index (χ1v) is 13.3. The van der Waals surface area contributed by atoms with E-state index >= 15 is 0 Å². The minimum absolute atomic E-state index is 0.0182. The third-order valence-corrected chi connectivity index (χ3v) is 11.3. The average molecular weight is 533 g/mol. The number of hydrogen-bond donors (Lipinski definition) is 0. The van der Waals surface area contributed by atoms with Crippen LogP contribution < -0.4 is 0 Å². The van der Waals surface area contributed by atoms with E-state index in [1.807, 2.05) is 34.6 Å².